The lowest BCUT2D eigenvalue weighted by Gasteiger charge is -2.28. The first kappa shape index (κ1) is 15.0. The van der Waals surface area contributed by atoms with Crippen molar-refractivity contribution in [2.24, 2.45) is 0 Å². The fourth-order valence-corrected chi connectivity index (χ4v) is 1.99. The van der Waals surface area contributed by atoms with Crippen molar-refractivity contribution < 1.29 is 4.39 Å². The van der Waals surface area contributed by atoms with Crippen LogP contribution in [0.1, 0.15) is 45.6 Å². The Balaban J connectivity index is 2.75. The van der Waals surface area contributed by atoms with Crippen LogP contribution in [0, 0.1) is 5.82 Å². The monoisotopic (exact) mass is 252 g/mol. The van der Waals surface area contributed by atoms with E-state index in [2.05, 4.69) is 25.7 Å². The largest absolute Gasteiger partial charge is 0.399 e. The molecule has 102 valence electrons. The second-order valence-electron chi connectivity index (χ2n) is 4.93. The topological polar surface area (TPSA) is 29.3 Å². The van der Waals surface area contributed by atoms with Gasteiger partial charge < -0.3 is 5.73 Å². The molecule has 1 unspecified atom stereocenters. The minimum absolute atomic E-state index is 0.195. The molecule has 0 aliphatic rings. The zero-order chi connectivity index (χ0) is 13.5. The predicted molar refractivity (Wildman–Crippen MR) is 75.9 cm³/mol. The molecule has 1 aromatic carbocycles. The number of benzene rings is 1. The number of unbranched alkanes of at least 4 members (excludes halogenated alkanes) is 1. The van der Waals surface area contributed by atoms with Crippen LogP contribution in [-0.4, -0.2) is 17.5 Å². The fraction of sp³-hybridized carbons (Fsp3) is 0.600. The summed E-state index contributed by atoms with van der Waals surface area (Å²) in [4.78, 5) is 2.35. The molecule has 0 aromatic heterocycles. The highest BCUT2D eigenvalue weighted by Crippen LogP contribution is 2.17. The number of hydrogen-bond donors (Lipinski definition) is 1. The zero-order valence-electron chi connectivity index (χ0n) is 11.7. The quantitative estimate of drug-likeness (QED) is 0.748. The number of nitrogen functional groups attached to an aromatic ring is 1. The van der Waals surface area contributed by atoms with E-state index >= 15 is 0 Å². The third-order valence-corrected chi connectivity index (χ3v) is 3.46. The number of halogens is 1. The lowest BCUT2D eigenvalue weighted by atomic mass is 10.1. The molecule has 1 aromatic rings. The molecule has 1 rings (SSSR count). The average Bonchev–Trinajstić information content (AvgIpc) is 2.36. The smallest absolute Gasteiger partial charge is 0.129 e. The summed E-state index contributed by atoms with van der Waals surface area (Å²) in [7, 11) is 0. The summed E-state index contributed by atoms with van der Waals surface area (Å²) in [5.74, 6) is -0.195. The van der Waals surface area contributed by atoms with E-state index < -0.39 is 0 Å². The van der Waals surface area contributed by atoms with E-state index in [0.29, 0.717) is 18.3 Å². The maximum atomic E-state index is 13.8. The Labute approximate surface area is 110 Å². The van der Waals surface area contributed by atoms with Crippen molar-refractivity contribution in [2.75, 3.05) is 12.3 Å². The Hall–Kier alpha value is -1.09. The van der Waals surface area contributed by atoms with E-state index in [1.54, 1.807) is 12.1 Å². The van der Waals surface area contributed by atoms with Crippen LogP contribution >= 0.6 is 0 Å². The molecule has 0 amide bonds. The van der Waals surface area contributed by atoms with Crippen molar-refractivity contribution in [3.63, 3.8) is 0 Å². The van der Waals surface area contributed by atoms with Gasteiger partial charge in [-0.25, -0.2) is 4.39 Å². The summed E-state index contributed by atoms with van der Waals surface area (Å²) in [5, 5.41) is 0. The molecule has 2 nitrogen and oxygen atoms in total. The number of nitrogens with zero attached hydrogens (tertiary/aromatic N) is 1. The minimum atomic E-state index is -0.195. The summed E-state index contributed by atoms with van der Waals surface area (Å²) in [6.45, 7) is 8.24. The minimum Gasteiger partial charge on any atom is -0.399 e. The highest BCUT2D eigenvalue weighted by atomic mass is 19.1. The summed E-state index contributed by atoms with van der Waals surface area (Å²) < 4.78 is 13.8. The first-order valence-electron chi connectivity index (χ1n) is 6.86. The summed E-state index contributed by atoms with van der Waals surface area (Å²) >= 11 is 0. The lowest BCUT2D eigenvalue weighted by molar-refractivity contribution is 0.190. The van der Waals surface area contributed by atoms with E-state index in [1.165, 1.54) is 6.07 Å². The van der Waals surface area contributed by atoms with Crippen molar-refractivity contribution in [1.82, 2.24) is 4.90 Å². The van der Waals surface area contributed by atoms with Gasteiger partial charge in [-0.1, -0.05) is 26.3 Å². The van der Waals surface area contributed by atoms with Crippen molar-refractivity contribution in [2.45, 2.75) is 52.6 Å². The van der Waals surface area contributed by atoms with Gasteiger partial charge in [-0.15, -0.1) is 0 Å². The Kier molecular flexibility index (Phi) is 6.13. The normalized spacial score (nSPS) is 12.9. The molecule has 0 aliphatic heterocycles. The summed E-state index contributed by atoms with van der Waals surface area (Å²) in [5.41, 5.74) is 6.79. The van der Waals surface area contributed by atoms with Gasteiger partial charge in [0, 0.05) is 23.8 Å². The van der Waals surface area contributed by atoms with Gasteiger partial charge in [0.1, 0.15) is 5.82 Å². The molecule has 3 heteroatoms. The van der Waals surface area contributed by atoms with Gasteiger partial charge in [0.05, 0.1) is 0 Å². The SMILES string of the molecule is CCCCN(Cc1ccc(N)cc1F)C(C)CC. The fourth-order valence-electron chi connectivity index (χ4n) is 1.99. The van der Waals surface area contributed by atoms with Gasteiger partial charge in [-0.3, -0.25) is 4.90 Å². The van der Waals surface area contributed by atoms with Gasteiger partial charge in [-0.05, 0) is 38.4 Å². The number of hydrogen-bond acceptors (Lipinski definition) is 2. The van der Waals surface area contributed by atoms with Gasteiger partial charge in [0.25, 0.3) is 0 Å². The van der Waals surface area contributed by atoms with Crippen molar-refractivity contribution in [3.8, 4) is 0 Å². The number of anilines is 1. The Morgan fingerprint density at radius 1 is 1.33 bits per heavy atom. The molecule has 1 atom stereocenters. The maximum Gasteiger partial charge on any atom is 0.129 e. The summed E-state index contributed by atoms with van der Waals surface area (Å²) in [6, 6.07) is 5.46. The van der Waals surface area contributed by atoms with Crippen LogP contribution in [0.4, 0.5) is 10.1 Å². The molecular formula is C15H25FN2. The molecule has 0 saturated heterocycles. The van der Waals surface area contributed by atoms with E-state index in [-0.39, 0.29) is 5.82 Å². The average molecular weight is 252 g/mol. The van der Waals surface area contributed by atoms with Crippen LogP contribution in [0.15, 0.2) is 18.2 Å². The molecule has 18 heavy (non-hydrogen) atoms. The van der Waals surface area contributed by atoms with Gasteiger partial charge in [0.2, 0.25) is 0 Å². The molecule has 0 heterocycles. The van der Waals surface area contributed by atoms with Gasteiger partial charge >= 0.3 is 0 Å². The predicted octanol–water partition coefficient (Wildman–Crippen LogP) is 3.81. The van der Waals surface area contributed by atoms with Crippen LogP contribution in [0.2, 0.25) is 0 Å². The molecule has 2 N–H and O–H groups in total. The van der Waals surface area contributed by atoms with E-state index in [4.69, 9.17) is 5.73 Å². The van der Waals surface area contributed by atoms with Crippen LogP contribution < -0.4 is 5.73 Å². The molecule has 0 fully saturated rings. The molecule has 0 bridgehead atoms. The first-order chi connectivity index (χ1) is 8.58. The molecule has 0 saturated carbocycles. The second kappa shape index (κ2) is 7.37. The first-order valence-corrected chi connectivity index (χ1v) is 6.86. The maximum absolute atomic E-state index is 13.8. The number of nitrogens with two attached hydrogens (primary N) is 1. The van der Waals surface area contributed by atoms with Gasteiger partial charge in [0.15, 0.2) is 0 Å². The van der Waals surface area contributed by atoms with Crippen molar-refractivity contribution >= 4 is 5.69 Å². The van der Waals surface area contributed by atoms with E-state index in [0.717, 1.165) is 31.4 Å². The van der Waals surface area contributed by atoms with E-state index in [9.17, 15) is 4.39 Å². The molecule has 0 aliphatic carbocycles. The highest BCUT2D eigenvalue weighted by Gasteiger charge is 2.14. The van der Waals surface area contributed by atoms with Crippen molar-refractivity contribution in [3.05, 3.63) is 29.6 Å². The molecule has 0 radical (unpaired) electrons. The van der Waals surface area contributed by atoms with Gasteiger partial charge in [-0.2, -0.15) is 0 Å². The van der Waals surface area contributed by atoms with Crippen LogP contribution in [0.3, 0.4) is 0 Å². The van der Waals surface area contributed by atoms with Crippen LogP contribution in [0.25, 0.3) is 0 Å². The highest BCUT2D eigenvalue weighted by molar-refractivity contribution is 5.40. The van der Waals surface area contributed by atoms with Crippen LogP contribution in [-0.2, 0) is 6.54 Å². The van der Waals surface area contributed by atoms with Crippen LogP contribution in [0.5, 0.6) is 0 Å². The lowest BCUT2D eigenvalue weighted by Crippen LogP contribution is -2.33. The Bertz CT molecular complexity index is 366. The molecular weight excluding hydrogens is 227 g/mol. The third kappa shape index (κ3) is 4.30. The van der Waals surface area contributed by atoms with E-state index in [1.807, 2.05) is 0 Å². The third-order valence-electron chi connectivity index (χ3n) is 3.46. The zero-order valence-corrected chi connectivity index (χ0v) is 11.7. The Morgan fingerprint density at radius 3 is 2.61 bits per heavy atom. The van der Waals surface area contributed by atoms with Crippen molar-refractivity contribution in [1.29, 1.82) is 0 Å². The standard InChI is InChI=1S/C15H25FN2/c1-4-6-9-18(12(3)5-2)11-13-7-8-14(17)10-15(13)16/h7-8,10,12H,4-6,9,11,17H2,1-3H3. The number of rotatable bonds is 7. The second-order valence-corrected chi connectivity index (χ2v) is 4.93. The summed E-state index contributed by atoms with van der Waals surface area (Å²) in [6.07, 6.45) is 3.40. The molecule has 0 spiro atoms. The Morgan fingerprint density at radius 2 is 2.06 bits per heavy atom.